The standard InChI is InChI=1S/C13H19ClN2/c1-5-8-16(4)13-7-6-11(9-12(13)14)10(2)15-3/h5-7,9-10,15H,1,8H2,2-4H3. The lowest BCUT2D eigenvalue weighted by Crippen LogP contribution is -2.17. The molecule has 3 heteroatoms. The molecule has 1 rings (SSSR count). The van der Waals surface area contributed by atoms with Crippen molar-refractivity contribution in [3.05, 3.63) is 41.4 Å². The van der Waals surface area contributed by atoms with Crippen molar-refractivity contribution in [2.75, 3.05) is 25.5 Å². The second-order valence-corrected chi connectivity index (χ2v) is 4.30. The van der Waals surface area contributed by atoms with Crippen LogP contribution in [0, 0.1) is 0 Å². The zero-order valence-corrected chi connectivity index (χ0v) is 10.9. The van der Waals surface area contributed by atoms with Crippen LogP contribution in [0.3, 0.4) is 0 Å². The summed E-state index contributed by atoms with van der Waals surface area (Å²) in [5.41, 5.74) is 2.23. The van der Waals surface area contributed by atoms with Gasteiger partial charge >= 0.3 is 0 Å². The average Bonchev–Trinajstić information content (AvgIpc) is 2.28. The number of benzene rings is 1. The molecule has 0 radical (unpaired) electrons. The predicted octanol–water partition coefficient (Wildman–Crippen LogP) is 3.24. The summed E-state index contributed by atoms with van der Waals surface area (Å²) in [5.74, 6) is 0. The molecule has 0 aromatic heterocycles. The number of rotatable bonds is 5. The third-order valence-electron chi connectivity index (χ3n) is 2.72. The van der Waals surface area contributed by atoms with Crippen LogP contribution in [0.25, 0.3) is 0 Å². The van der Waals surface area contributed by atoms with E-state index in [2.05, 4.69) is 35.9 Å². The normalized spacial score (nSPS) is 12.2. The Labute approximate surface area is 103 Å². The molecule has 0 saturated carbocycles. The zero-order valence-electron chi connectivity index (χ0n) is 10.1. The van der Waals surface area contributed by atoms with Crippen LogP contribution >= 0.6 is 11.6 Å². The second kappa shape index (κ2) is 5.92. The van der Waals surface area contributed by atoms with Gasteiger partial charge in [-0.05, 0) is 31.7 Å². The van der Waals surface area contributed by atoms with Crippen molar-refractivity contribution < 1.29 is 0 Å². The molecule has 1 unspecified atom stereocenters. The number of nitrogens with zero attached hydrogens (tertiary/aromatic N) is 1. The van der Waals surface area contributed by atoms with Gasteiger partial charge in [-0.25, -0.2) is 0 Å². The van der Waals surface area contributed by atoms with Crippen LogP contribution in [0.2, 0.25) is 5.02 Å². The Morgan fingerprint density at radius 3 is 2.75 bits per heavy atom. The highest BCUT2D eigenvalue weighted by molar-refractivity contribution is 6.33. The molecule has 2 nitrogen and oxygen atoms in total. The minimum absolute atomic E-state index is 0.316. The summed E-state index contributed by atoms with van der Waals surface area (Å²) in [4.78, 5) is 2.07. The Balaban J connectivity index is 2.95. The van der Waals surface area contributed by atoms with E-state index in [1.165, 1.54) is 5.56 Å². The van der Waals surface area contributed by atoms with Crippen molar-refractivity contribution in [2.24, 2.45) is 0 Å². The lowest BCUT2D eigenvalue weighted by molar-refractivity contribution is 0.652. The van der Waals surface area contributed by atoms with Crippen molar-refractivity contribution >= 4 is 17.3 Å². The molecule has 1 aromatic carbocycles. The minimum Gasteiger partial charge on any atom is -0.370 e. The molecular formula is C13H19ClN2. The predicted molar refractivity (Wildman–Crippen MR) is 72.4 cm³/mol. The molecule has 1 N–H and O–H groups in total. The Kier molecular flexibility index (Phi) is 4.84. The first kappa shape index (κ1) is 13.1. The largest absolute Gasteiger partial charge is 0.370 e. The highest BCUT2D eigenvalue weighted by atomic mass is 35.5. The number of nitrogens with one attached hydrogen (secondary N) is 1. The van der Waals surface area contributed by atoms with E-state index >= 15 is 0 Å². The van der Waals surface area contributed by atoms with E-state index in [0.29, 0.717) is 6.04 Å². The van der Waals surface area contributed by atoms with Crippen LogP contribution in [0.15, 0.2) is 30.9 Å². The maximum absolute atomic E-state index is 6.26. The lowest BCUT2D eigenvalue weighted by Gasteiger charge is -2.20. The Morgan fingerprint density at radius 2 is 2.25 bits per heavy atom. The highest BCUT2D eigenvalue weighted by Gasteiger charge is 2.08. The van der Waals surface area contributed by atoms with E-state index < -0.39 is 0 Å². The van der Waals surface area contributed by atoms with Gasteiger partial charge in [0, 0.05) is 19.6 Å². The van der Waals surface area contributed by atoms with Crippen molar-refractivity contribution in [2.45, 2.75) is 13.0 Å². The van der Waals surface area contributed by atoms with E-state index in [1.54, 1.807) is 0 Å². The van der Waals surface area contributed by atoms with Gasteiger partial charge in [0.15, 0.2) is 0 Å². The fourth-order valence-electron chi connectivity index (χ4n) is 1.56. The van der Waals surface area contributed by atoms with E-state index in [-0.39, 0.29) is 0 Å². The Hall–Kier alpha value is -0.990. The summed E-state index contributed by atoms with van der Waals surface area (Å²) in [6.07, 6.45) is 1.86. The van der Waals surface area contributed by atoms with Crippen molar-refractivity contribution in [3.63, 3.8) is 0 Å². The van der Waals surface area contributed by atoms with Gasteiger partial charge in [-0.1, -0.05) is 23.7 Å². The molecule has 0 spiro atoms. The molecule has 0 aliphatic rings. The van der Waals surface area contributed by atoms with Gasteiger partial charge in [0.2, 0.25) is 0 Å². The molecule has 0 heterocycles. The number of halogens is 1. The van der Waals surface area contributed by atoms with E-state index in [1.807, 2.05) is 26.2 Å². The van der Waals surface area contributed by atoms with Crippen molar-refractivity contribution in [1.29, 1.82) is 0 Å². The Bertz CT molecular complexity index is 363. The van der Waals surface area contributed by atoms with Crippen molar-refractivity contribution in [1.82, 2.24) is 5.32 Å². The zero-order chi connectivity index (χ0) is 12.1. The van der Waals surface area contributed by atoms with Crippen LogP contribution in [0.4, 0.5) is 5.69 Å². The SMILES string of the molecule is C=CCN(C)c1ccc(C(C)NC)cc1Cl. The topological polar surface area (TPSA) is 15.3 Å². The number of hydrogen-bond donors (Lipinski definition) is 1. The molecule has 0 saturated heterocycles. The van der Waals surface area contributed by atoms with Crippen LogP contribution in [0.5, 0.6) is 0 Å². The molecule has 16 heavy (non-hydrogen) atoms. The number of anilines is 1. The van der Waals surface area contributed by atoms with E-state index in [4.69, 9.17) is 11.6 Å². The molecule has 0 aliphatic carbocycles. The van der Waals surface area contributed by atoms with Gasteiger partial charge < -0.3 is 10.2 Å². The first-order chi connectivity index (χ1) is 7.60. The summed E-state index contributed by atoms with van der Waals surface area (Å²) in [6, 6.07) is 6.48. The summed E-state index contributed by atoms with van der Waals surface area (Å²) in [7, 11) is 3.94. The van der Waals surface area contributed by atoms with Gasteiger partial charge in [-0.3, -0.25) is 0 Å². The molecule has 0 fully saturated rings. The molecule has 1 aromatic rings. The molecule has 88 valence electrons. The first-order valence-corrected chi connectivity index (χ1v) is 5.76. The van der Waals surface area contributed by atoms with Crippen molar-refractivity contribution in [3.8, 4) is 0 Å². The fraction of sp³-hybridized carbons (Fsp3) is 0.385. The number of likely N-dealkylation sites (N-methyl/N-ethyl adjacent to an activating group) is 1. The molecule has 1 atom stereocenters. The summed E-state index contributed by atoms with van der Waals surface area (Å²) >= 11 is 6.26. The lowest BCUT2D eigenvalue weighted by atomic mass is 10.1. The summed E-state index contributed by atoms with van der Waals surface area (Å²) < 4.78 is 0. The van der Waals surface area contributed by atoms with Crippen LogP contribution in [-0.4, -0.2) is 20.6 Å². The van der Waals surface area contributed by atoms with Gasteiger partial charge in [-0.15, -0.1) is 6.58 Å². The van der Waals surface area contributed by atoms with E-state index in [9.17, 15) is 0 Å². The van der Waals surface area contributed by atoms with Gasteiger partial charge in [0.1, 0.15) is 0 Å². The maximum atomic E-state index is 6.26. The van der Waals surface area contributed by atoms with Crippen LogP contribution in [0.1, 0.15) is 18.5 Å². The third-order valence-corrected chi connectivity index (χ3v) is 3.02. The van der Waals surface area contributed by atoms with Gasteiger partial charge in [0.25, 0.3) is 0 Å². The second-order valence-electron chi connectivity index (χ2n) is 3.89. The van der Waals surface area contributed by atoms with Gasteiger partial charge in [0.05, 0.1) is 10.7 Å². The maximum Gasteiger partial charge on any atom is 0.0642 e. The summed E-state index contributed by atoms with van der Waals surface area (Å²) in [5, 5.41) is 3.98. The minimum atomic E-state index is 0.316. The molecule has 0 amide bonds. The molecular weight excluding hydrogens is 220 g/mol. The van der Waals surface area contributed by atoms with Gasteiger partial charge in [-0.2, -0.15) is 0 Å². The van der Waals surface area contributed by atoms with E-state index in [0.717, 1.165) is 17.3 Å². The monoisotopic (exact) mass is 238 g/mol. The van der Waals surface area contributed by atoms with Crippen LogP contribution in [-0.2, 0) is 0 Å². The average molecular weight is 239 g/mol. The van der Waals surface area contributed by atoms with Crippen LogP contribution < -0.4 is 10.2 Å². The third kappa shape index (κ3) is 3.00. The smallest absolute Gasteiger partial charge is 0.0642 e. The molecule has 0 aliphatic heterocycles. The highest BCUT2D eigenvalue weighted by Crippen LogP contribution is 2.28. The number of hydrogen-bond acceptors (Lipinski definition) is 2. The first-order valence-electron chi connectivity index (χ1n) is 5.39. The fourth-order valence-corrected chi connectivity index (χ4v) is 1.89. The summed E-state index contributed by atoms with van der Waals surface area (Å²) in [6.45, 7) is 6.62. The Morgan fingerprint density at radius 1 is 1.56 bits per heavy atom. The quantitative estimate of drug-likeness (QED) is 0.793. The molecule has 0 bridgehead atoms.